The lowest BCUT2D eigenvalue weighted by molar-refractivity contribution is -0.124. The van der Waals surface area contributed by atoms with Crippen molar-refractivity contribution in [3.8, 4) is 16.9 Å². The minimum atomic E-state index is -0.758. The van der Waals surface area contributed by atoms with Crippen LogP contribution in [0.3, 0.4) is 0 Å². The summed E-state index contributed by atoms with van der Waals surface area (Å²) in [5.41, 5.74) is 8.72. The van der Waals surface area contributed by atoms with Gasteiger partial charge in [0.1, 0.15) is 17.2 Å². The fourth-order valence-electron chi connectivity index (χ4n) is 7.32. The van der Waals surface area contributed by atoms with Crippen LogP contribution < -0.4 is 15.4 Å². The van der Waals surface area contributed by atoms with Gasteiger partial charge < -0.3 is 15.2 Å². The first-order valence-electron chi connectivity index (χ1n) is 16.8. The maximum absolute atomic E-state index is 14.4. The zero-order valence-corrected chi connectivity index (χ0v) is 28.2. The lowest BCUT2D eigenvalue weighted by Crippen LogP contribution is -2.44. The third-order valence-electron chi connectivity index (χ3n) is 10.2. The van der Waals surface area contributed by atoms with Crippen LogP contribution in [-0.2, 0) is 9.53 Å². The predicted octanol–water partition coefficient (Wildman–Crippen LogP) is 7.23. The van der Waals surface area contributed by atoms with E-state index in [1.165, 1.54) is 0 Å². The van der Waals surface area contributed by atoms with E-state index in [2.05, 4.69) is 25.0 Å². The molecule has 0 spiro atoms. The SMILES string of the molecule is COc1ccc(C2CCC(CN(C(=O)C3CCC(C(C)(C)OC(N)=O)CC3)c3cc(-c4cnn(C(C)C)c4)ccn3)CC2)nc1C. The molecule has 2 amide bonds. The van der Waals surface area contributed by atoms with Gasteiger partial charge in [-0.25, -0.2) is 9.78 Å². The van der Waals surface area contributed by atoms with Gasteiger partial charge in [0.25, 0.3) is 0 Å². The van der Waals surface area contributed by atoms with Crippen molar-refractivity contribution in [2.24, 2.45) is 23.5 Å². The van der Waals surface area contributed by atoms with Crippen LogP contribution in [-0.4, -0.2) is 51.0 Å². The van der Waals surface area contributed by atoms with Gasteiger partial charge in [-0.2, -0.15) is 5.10 Å². The first kappa shape index (κ1) is 33.4. The van der Waals surface area contributed by atoms with Crippen molar-refractivity contribution in [2.75, 3.05) is 18.6 Å². The zero-order valence-electron chi connectivity index (χ0n) is 28.2. The fourth-order valence-corrected chi connectivity index (χ4v) is 7.32. The van der Waals surface area contributed by atoms with Crippen LogP contribution in [0, 0.1) is 24.7 Å². The molecule has 2 saturated carbocycles. The van der Waals surface area contributed by atoms with Gasteiger partial charge in [0.05, 0.1) is 19.0 Å². The Morgan fingerprint density at radius 1 is 1.04 bits per heavy atom. The molecular weight excluding hydrogens is 580 g/mol. The Balaban J connectivity index is 1.33. The minimum absolute atomic E-state index is 0.113. The largest absolute Gasteiger partial charge is 0.495 e. The second-order valence-electron chi connectivity index (χ2n) is 14.0. The molecule has 0 unspecified atom stereocenters. The number of amides is 2. The number of rotatable bonds is 10. The van der Waals surface area contributed by atoms with Crippen molar-refractivity contribution >= 4 is 17.8 Å². The summed E-state index contributed by atoms with van der Waals surface area (Å²) < 4.78 is 12.8. The molecule has 0 atom stereocenters. The zero-order chi connectivity index (χ0) is 33.0. The number of carbonyl (C=O) groups is 2. The maximum Gasteiger partial charge on any atom is 0.405 e. The molecule has 3 aromatic heterocycles. The number of nitrogens with two attached hydrogens (primary N) is 1. The highest BCUT2D eigenvalue weighted by atomic mass is 16.6. The molecule has 0 aliphatic heterocycles. The quantitative estimate of drug-likeness (QED) is 0.251. The maximum atomic E-state index is 14.4. The summed E-state index contributed by atoms with van der Waals surface area (Å²) in [6.45, 7) is 10.7. The standard InChI is InChI=1S/C36H50N6O4/c1-23(2)42-22-29(20-39-42)28-17-18-38-33(19-28)41(34(43)27-11-13-30(14-12-27)36(4,5)46-35(37)44)21-25-7-9-26(10-8-25)31-15-16-32(45-6)24(3)40-31/h15-20,22-23,25-27,30H,7-14,21H2,1-6H3,(H2,37,44). The Kier molecular flexibility index (Phi) is 10.3. The number of ether oxygens (including phenoxy) is 2. The number of aromatic nitrogens is 4. The van der Waals surface area contributed by atoms with Gasteiger partial charge in [-0.05, 0) is 128 Å². The van der Waals surface area contributed by atoms with Crippen molar-refractivity contribution < 1.29 is 19.1 Å². The number of hydrogen-bond acceptors (Lipinski definition) is 7. The first-order chi connectivity index (χ1) is 21.9. The van der Waals surface area contributed by atoms with Crippen LogP contribution in [0.5, 0.6) is 5.75 Å². The smallest absolute Gasteiger partial charge is 0.405 e. The lowest BCUT2D eigenvalue weighted by Gasteiger charge is -2.39. The average Bonchev–Trinajstić information content (AvgIpc) is 3.54. The van der Waals surface area contributed by atoms with E-state index < -0.39 is 11.7 Å². The van der Waals surface area contributed by atoms with Crippen molar-refractivity contribution in [1.29, 1.82) is 0 Å². The summed E-state index contributed by atoms with van der Waals surface area (Å²) in [7, 11) is 1.68. The van der Waals surface area contributed by atoms with E-state index in [1.54, 1.807) is 13.3 Å². The predicted molar refractivity (Wildman–Crippen MR) is 179 cm³/mol. The molecule has 0 aromatic carbocycles. The lowest BCUT2D eigenvalue weighted by atomic mass is 9.74. The molecule has 3 heterocycles. The average molecular weight is 631 g/mol. The van der Waals surface area contributed by atoms with E-state index in [9.17, 15) is 9.59 Å². The molecule has 0 saturated heterocycles. The highest BCUT2D eigenvalue weighted by Crippen LogP contribution is 2.40. The topological polar surface area (TPSA) is 125 Å². The van der Waals surface area contributed by atoms with Gasteiger partial charge in [-0.15, -0.1) is 0 Å². The number of aryl methyl sites for hydroxylation is 1. The summed E-state index contributed by atoms with van der Waals surface area (Å²) in [5.74, 6) is 2.45. The first-order valence-corrected chi connectivity index (χ1v) is 16.8. The van der Waals surface area contributed by atoms with Crippen LogP contribution >= 0.6 is 0 Å². The summed E-state index contributed by atoms with van der Waals surface area (Å²) in [6, 6.07) is 8.38. The number of primary amides is 1. The fraction of sp³-hybridized carbons (Fsp3) is 0.583. The van der Waals surface area contributed by atoms with Gasteiger partial charge >= 0.3 is 6.09 Å². The molecule has 0 bridgehead atoms. The molecule has 10 heteroatoms. The van der Waals surface area contributed by atoms with Crippen LogP contribution in [0.2, 0.25) is 0 Å². The van der Waals surface area contributed by atoms with E-state index >= 15 is 0 Å². The molecule has 2 aliphatic carbocycles. The number of pyridine rings is 2. The van der Waals surface area contributed by atoms with E-state index in [4.69, 9.17) is 25.2 Å². The molecular formula is C36H50N6O4. The molecule has 2 N–H and O–H groups in total. The van der Waals surface area contributed by atoms with Crippen LogP contribution in [0.1, 0.15) is 102 Å². The van der Waals surface area contributed by atoms with Gasteiger partial charge in [0, 0.05) is 48.1 Å². The molecule has 10 nitrogen and oxygen atoms in total. The number of anilines is 1. The molecule has 2 aliphatic rings. The van der Waals surface area contributed by atoms with Crippen LogP contribution in [0.25, 0.3) is 11.1 Å². The summed E-state index contributed by atoms with van der Waals surface area (Å²) in [5, 5.41) is 4.53. The van der Waals surface area contributed by atoms with E-state index in [1.807, 2.05) is 60.9 Å². The monoisotopic (exact) mass is 630 g/mol. The van der Waals surface area contributed by atoms with Gasteiger partial charge in [-0.1, -0.05) is 0 Å². The number of methoxy groups -OCH3 is 1. The van der Waals surface area contributed by atoms with Crippen molar-refractivity contribution in [3.05, 3.63) is 54.2 Å². The molecule has 46 heavy (non-hydrogen) atoms. The minimum Gasteiger partial charge on any atom is -0.495 e. The molecule has 3 aromatic rings. The van der Waals surface area contributed by atoms with Gasteiger partial charge in [0.15, 0.2) is 0 Å². The van der Waals surface area contributed by atoms with Gasteiger partial charge in [-0.3, -0.25) is 19.4 Å². The molecule has 2 fully saturated rings. The number of nitrogens with zero attached hydrogens (tertiary/aromatic N) is 5. The molecule has 0 radical (unpaired) electrons. The van der Waals surface area contributed by atoms with Crippen LogP contribution in [0.15, 0.2) is 42.9 Å². The Morgan fingerprint density at radius 3 is 2.37 bits per heavy atom. The second-order valence-corrected chi connectivity index (χ2v) is 14.0. The van der Waals surface area contributed by atoms with E-state index in [-0.39, 0.29) is 23.8 Å². The van der Waals surface area contributed by atoms with E-state index in [0.717, 1.165) is 79.6 Å². The number of carbonyl (C=O) groups excluding carboxylic acids is 2. The van der Waals surface area contributed by atoms with Crippen molar-refractivity contribution in [2.45, 2.75) is 104 Å². The summed E-state index contributed by atoms with van der Waals surface area (Å²) in [6.07, 6.45) is 12.1. The highest BCUT2D eigenvalue weighted by molar-refractivity contribution is 5.94. The molecule has 5 rings (SSSR count). The highest BCUT2D eigenvalue weighted by Gasteiger charge is 2.39. The molecule has 248 valence electrons. The summed E-state index contributed by atoms with van der Waals surface area (Å²) >= 11 is 0. The summed E-state index contributed by atoms with van der Waals surface area (Å²) in [4.78, 5) is 37.4. The van der Waals surface area contributed by atoms with Crippen molar-refractivity contribution in [1.82, 2.24) is 19.7 Å². The second kappa shape index (κ2) is 14.2. The van der Waals surface area contributed by atoms with Crippen molar-refractivity contribution in [3.63, 3.8) is 0 Å². The number of hydrogen-bond donors (Lipinski definition) is 1. The third-order valence-corrected chi connectivity index (χ3v) is 10.2. The Labute approximate surface area is 273 Å². The van der Waals surface area contributed by atoms with Gasteiger partial charge in [0.2, 0.25) is 5.91 Å². The third kappa shape index (κ3) is 7.70. The Morgan fingerprint density at radius 2 is 1.76 bits per heavy atom. The van der Waals surface area contributed by atoms with E-state index in [0.29, 0.717) is 24.2 Å². The van der Waals surface area contributed by atoms with Crippen LogP contribution in [0.4, 0.5) is 10.6 Å². The normalized spacial score (nSPS) is 22.0. The Bertz CT molecular complexity index is 1500. The Hall–Kier alpha value is -3.95.